The van der Waals surface area contributed by atoms with Crippen LogP contribution in [-0.4, -0.2) is 90.2 Å². The van der Waals surface area contributed by atoms with Crippen molar-refractivity contribution in [2.24, 2.45) is 5.16 Å². The number of nitrogen functional groups attached to an aromatic ring is 1. The summed E-state index contributed by atoms with van der Waals surface area (Å²) in [6.45, 7) is 4.67. The summed E-state index contributed by atoms with van der Waals surface area (Å²) in [7, 11) is 2.72. The molecule has 14 nitrogen and oxygen atoms in total. The summed E-state index contributed by atoms with van der Waals surface area (Å²) in [6.07, 6.45) is -1.33. The first-order valence-electron chi connectivity index (χ1n) is 10.9. The van der Waals surface area contributed by atoms with E-state index in [9.17, 15) is 19.2 Å². The van der Waals surface area contributed by atoms with Gasteiger partial charge in [-0.1, -0.05) is 16.5 Å². The quantitative estimate of drug-likeness (QED) is 0.136. The van der Waals surface area contributed by atoms with Crippen LogP contribution >= 0.6 is 23.1 Å². The molecule has 0 aromatic carbocycles. The molecule has 4 unspecified atom stereocenters. The van der Waals surface area contributed by atoms with Crippen LogP contribution < -0.4 is 11.1 Å². The largest absolute Gasteiger partial charge is 0.511 e. The Balaban J connectivity index is 1.73. The second-order valence-electron chi connectivity index (χ2n) is 7.98. The lowest BCUT2D eigenvalue weighted by atomic mass is 9.98. The van der Waals surface area contributed by atoms with Crippen molar-refractivity contribution in [1.82, 2.24) is 15.2 Å². The Labute approximate surface area is 220 Å². The minimum atomic E-state index is -1.28. The van der Waals surface area contributed by atoms with Crippen molar-refractivity contribution in [2.75, 3.05) is 26.6 Å². The zero-order chi connectivity index (χ0) is 27.3. The Hall–Kier alpha value is -3.37. The molecule has 37 heavy (non-hydrogen) atoms. The van der Waals surface area contributed by atoms with Gasteiger partial charge in [0, 0.05) is 20.2 Å². The second-order valence-corrected chi connectivity index (χ2v) is 10.0. The first kappa shape index (κ1) is 28.2. The molecule has 3 rings (SSSR count). The summed E-state index contributed by atoms with van der Waals surface area (Å²) in [6, 6.07) is -2.11. The standard InChI is InChI=1S/C21H27N5O9S2/c1-9(2)33-21(30)35-10(3)34-19(29)15-11(7-31-4)8-36-18-14(17(28)26(15)18)24-16(27)13(25-32-5)12-6-23-20(22)37-12/h6,8-10,14-15,18H,7H2,1-5H3,(H2,22,23)(H,24,27)/b25-13-. The number of hydrogen-bond donors (Lipinski definition) is 2. The number of esters is 1. The van der Waals surface area contributed by atoms with Crippen molar-refractivity contribution in [2.45, 2.75) is 50.6 Å². The number of thiazole rings is 1. The summed E-state index contributed by atoms with van der Waals surface area (Å²) in [4.78, 5) is 61.1. The molecule has 0 radical (unpaired) electrons. The van der Waals surface area contributed by atoms with Crippen LogP contribution in [0.3, 0.4) is 0 Å². The van der Waals surface area contributed by atoms with Gasteiger partial charge in [0.05, 0.1) is 17.6 Å². The van der Waals surface area contributed by atoms with Gasteiger partial charge in [0.15, 0.2) is 16.9 Å². The number of oxime groups is 1. The number of rotatable bonds is 10. The van der Waals surface area contributed by atoms with Crippen molar-refractivity contribution in [3.63, 3.8) is 0 Å². The van der Waals surface area contributed by atoms with E-state index in [2.05, 4.69) is 15.5 Å². The van der Waals surface area contributed by atoms with Crippen LogP contribution in [0, 0.1) is 0 Å². The molecule has 0 spiro atoms. The number of β-lactam (4-membered cyclic amide) rings is 1. The highest BCUT2D eigenvalue weighted by atomic mass is 32.2. The Kier molecular flexibility index (Phi) is 9.34. The molecule has 0 aliphatic carbocycles. The molecule has 0 bridgehead atoms. The highest BCUT2D eigenvalue weighted by Gasteiger charge is 2.56. The molecule has 1 saturated heterocycles. The Morgan fingerprint density at radius 2 is 1.95 bits per heavy atom. The Bertz CT molecular complexity index is 1110. The summed E-state index contributed by atoms with van der Waals surface area (Å²) >= 11 is 2.26. The number of ether oxygens (including phenoxy) is 4. The number of hydrogen-bond acceptors (Lipinski definition) is 14. The van der Waals surface area contributed by atoms with Crippen LogP contribution in [0.5, 0.6) is 0 Å². The molecule has 3 heterocycles. The molecule has 1 aromatic heterocycles. The van der Waals surface area contributed by atoms with Gasteiger partial charge in [-0.2, -0.15) is 0 Å². The molecular weight excluding hydrogens is 530 g/mol. The van der Waals surface area contributed by atoms with Crippen LogP contribution in [0.2, 0.25) is 0 Å². The molecule has 4 atom stereocenters. The SMILES string of the molecule is COCC1=CSC2C(NC(=O)/C(=N\OC)c3cnc(N)s3)C(=O)N2C1C(=O)OC(C)OC(=O)OC(C)C. The van der Waals surface area contributed by atoms with E-state index in [1.165, 1.54) is 44.0 Å². The molecule has 2 amide bonds. The Morgan fingerprint density at radius 1 is 1.22 bits per heavy atom. The van der Waals surface area contributed by atoms with Crippen molar-refractivity contribution in [1.29, 1.82) is 0 Å². The number of anilines is 1. The number of fused-ring (bicyclic) bond motifs is 1. The van der Waals surface area contributed by atoms with Gasteiger partial charge in [-0.3, -0.25) is 9.59 Å². The fraction of sp³-hybridized carbons (Fsp3) is 0.524. The van der Waals surface area contributed by atoms with E-state index in [-0.39, 0.29) is 17.5 Å². The number of amides is 2. The summed E-state index contributed by atoms with van der Waals surface area (Å²) in [5.74, 6) is -2.04. The van der Waals surface area contributed by atoms with E-state index in [1.807, 2.05) is 0 Å². The molecule has 2 aliphatic rings. The predicted octanol–water partition coefficient (Wildman–Crippen LogP) is 0.825. The van der Waals surface area contributed by atoms with Crippen LogP contribution in [0.1, 0.15) is 25.6 Å². The van der Waals surface area contributed by atoms with Gasteiger partial charge in [0.25, 0.3) is 5.91 Å². The number of carbonyl (C=O) groups is 4. The van der Waals surface area contributed by atoms with Gasteiger partial charge >= 0.3 is 12.1 Å². The maximum absolute atomic E-state index is 13.1. The summed E-state index contributed by atoms with van der Waals surface area (Å²) < 4.78 is 20.2. The highest BCUT2D eigenvalue weighted by molar-refractivity contribution is 8.03. The lowest BCUT2D eigenvalue weighted by Crippen LogP contribution is -2.74. The van der Waals surface area contributed by atoms with Gasteiger partial charge in [0.1, 0.15) is 18.5 Å². The summed E-state index contributed by atoms with van der Waals surface area (Å²) in [5.41, 5.74) is 6.01. The molecule has 2 aliphatic heterocycles. The van der Waals surface area contributed by atoms with E-state index >= 15 is 0 Å². The maximum Gasteiger partial charge on any atom is 0.511 e. The lowest BCUT2D eigenvalue weighted by molar-refractivity contribution is -0.179. The highest BCUT2D eigenvalue weighted by Crippen LogP contribution is 2.40. The van der Waals surface area contributed by atoms with E-state index < -0.39 is 53.8 Å². The number of nitrogens with one attached hydrogen (secondary N) is 1. The van der Waals surface area contributed by atoms with Gasteiger partial charge < -0.3 is 39.7 Å². The molecule has 202 valence electrons. The molecule has 1 fully saturated rings. The first-order valence-corrected chi connectivity index (χ1v) is 12.7. The van der Waals surface area contributed by atoms with Gasteiger partial charge in [-0.25, -0.2) is 14.6 Å². The van der Waals surface area contributed by atoms with E-state index in [1.54, 1.807) is 19.3 Å². The number of aromatic nitrogens is 1. The molecule has 1 aromatic rings. The third-order valence-electron chi connectivity index (χ3n) is 4.92. The van der Waals surface area contributed by atoms with Crippen molar-refractivity contribution in [3.8, 4) is 0 Å². The third kappa shape index (κ3) is 6.50. The van der Waals surface area contributed by atoms with Crippen molar-refractivity contribution in [3.05, 3.63) is 22.1 Å². The van der Waals surface area contributed by atoms with Gasteiger partial charge in [-0.05, 0) is 24.8 Å². The zero-order valence-electron chi connectivity index (χ0n) is 20.7. The van der Waals surface area contributed by atoms with Crippen molar-refractivity contribution < 1.29 is 43.0 Å². The number of carbonyl (C=O) groups excluding carboxylic acids is 4. The van der Waals surface area contributed by atoms with Crippen LogP contribution in [0.25, 0.3) is 0 Å². The first-order chi connectivity index (χ1) is 17.6. The average molecular weight is 558 g/mol. The molecule has 3 N–H and O–H groups in total. The maximum atomic E-state index is 13.1. The summed E-state index contributed by atoms with van der Waals surface area (Å²) in [5, 5.41) is 7.65. The Morgan fingerprint density at radius 3 is 2.54 bits per heavy atom. The number of nitrogens with two attached hydrogens (primary N) is 1. The predicted molar refractivity (Wildman–Crippen MR) is 132 cm³/mol. The fourth-order valence-corrected chi connectivity index (χ4v) is 5.36. The molecular formula is C21H27N5O9S2. The fourth-order valence-electron chi connectivity index (χ4n) is 3.49. The van der Waals surface area contributed by atoms with Gasteiger partial charge in [-0.15, -0.1) is 11.8 Å². The number of nitrogens with zero attached hydrogens (tertiary/aromatic N) is 3. The average Bonchev–Trinajstić information content (AvgIpc) is 3.25. The monoisotopic (exact) mass is 557 g/mol. The molecule has 0 saturated carbocycles. The van der Waals surface area contributed by atoms with Crippen LogP contribution in [0.4, 0.5) is 9.93 Å². The molecule has 16 heteroatoms. The van der Waals surface area contributed by atoms with E-state index in [4.69, 9.17) is 29.5 Å². The minimum Gasteiger partial charge on any atom is -0.431 e. The number of methoxy groups -OCH3 is 1. The number of thioether (sulfide) groups is 1. The zero-order valence-corrected chi connectivity index (χ0v) is 22.3. The van der Waals surface area contributed by atoms with E-state index in [0.29, 0.717) is 10.5 Å². The normalized spacial score (nSPS) is 21.8. The van der Waals surface area contributed by atoms with Gasteiger partial charge in [0.2, 0.25) is 12.2 Å². The van der Waals surface area contributed by atoms with Crippen molar-refractivity contribution >= 4 is 57.9 Å². The van der Waals surface area contributed by atoms with Crippen LogP contribution in [0.15, 0.2) is 22.3 Å². The topological polar surface area (TPSA) is 181 Å². The van der Waals surface area contributed by atoms with Crippen LogP contribution in [-0.2, 0) is 38.2 Å². The second kappa shape index (κ2) is 12.2. The smallest absolute Gasteiger partial charge is 0.431 e. The van der Waals surface area contributed by atoms with E-state index in [0.717, 1.165) is 11.3 Å². The minimum absolute atomic E-state index is 0.0440. The lowest BCUT2D eigenvalue weighted by Gasteiger charge is -2.51. The third-order valence-corrected chi connectivity index (χ3v) is 6.97.